The van der Waals surface area contributed by atoms with Crippen molar-refractivity contribution in [1.82, 2.24) is 0 Å². The molecule has 0 radical (unpaired) electrons. The molecule has 0 saturated carbocycles. The molecule has 0 heterocycles. The molecular formula is C13H14ClFO4. The van der Waals surface area contributed by atoms with Crippen molar-refractivity contribution >= 4 is 23.6 Å². The number of carbonyl (C=O) groups is 1. The highest BCUT2D eigenvalue weighted by molar-refractivity contribution is 6.17. The Labute approximate surface area is 114 Å². The first-order valence-electron chi connectivity index (χ1n) is 5.58. The van der Waals surface area contributed by atoms with Crippen LogP contribution in [0, 0.1) is 5.82 Å². The molecule has 0 amide bonds. The van der Waals surface area contributed by atoms with Gasteiger partial charge in [0.05, 0.1) is 6.10 Å². The Morgan fingerprint density at radius 2 is 2.11 bits per heavy atom. The van der Waals surface area contributed by atoms with E-state index in [2.05, 4.69) is 0 Å². The van der Waals surface area contributed by atoms with Crippen LogP contribution in [0.25, 0.3) is 6.08 Å². The minimum Gasteiger partial charge on any atom is -0.478 e. The largest absolute Gasteiger partial charge is 0.478 e. The van der Waals surface area contributed by atoms with Crippen LogP contribution in [-0.2, 0) is 4.79 Å². The maximum Gasteiger partial charge on any atom is 0.328 e. The van der Waals surface area contributed by atoms with Crippen LogP contribution in [0.5, 0.6) is 0 Å². The van der Waals surface area contributed by atoms with Crippen LogP contribution < -0.4 is 0 Å². The lowest BCUT2D eigenvalue weighted by molar-refractivity contribution is -0.131. The van der Waals surface area contributed by atoms with E-state index < -0.39 is 24.0 Å². The second-order valence-electron chi connectivity index (χ2n) is 3.94. The standard InChI is InChI=1S/C13H14ClFO4/c14-6-5-11(16)13(19)9-1-3-10(15)8(7-9)2-4-12(17)18/h1-4,7,11,13,16,19H,5-6H2,(H,17,18)/b4-2+. The number of hydrogen-bond donors (Lipinski definition) is 3. The van der Waals surface area contributed by atoms with Crippen LogP contribution in [0.3, 0.4) is 0 Å². The van der Waals surface area contributed by atoms with Gasteiger partial charge in [-0.3, -0.25) is 0 Å². The van der Waals surface area contributed by atoms with Gasteiger partial charge in [-0.05, 0) is 30.2 Å². The summed E-state index contributed by atoms with van der Waals surface area (Å²) < 4.78 is 13.4. The zero-order valence-corrected chi connectivity index (χ0v) is 10.7. The van der Waals surface area contributed by atoms with Crippen LogP contribution in [0.4, 0.5) is 4.39 Å². The van der Waals surface area contributed by atoms with Gasteiger partial charge in [0.2, 0.25) is 0 Å². The molecule has 0 aliphatic heterocycles. The molecule has 0 spiro atoms. The monoisotopic (exact) mass is 288 g/mol. The van der Waals surface area contributed by atoms with Crippen molar-refractivity contribution in [2.45, 2.75) is 18.6 Å². The van der Waals surface area contributed by atoms with E-state index >= 15 is 0 Å². The predicted molar refractivity (Wildman–Crippen MR) is 69.4 cm³/mol. The van der Waals surface area contributed by atoms with E-state index in [0.29, 0.717) is 5.56 Å². The van der Waals surface area contributed by atoms with E-state index in [0.717, 1.165) is 18.2 Å². The molecule has 0 fully saturated rings. The molecule has 1 aromatic carbocycles. The van der Waals surface area contributed by atoms with Crippen LogP contribution in [0.1, 0.15) is 23.7 Å². The summed E-state index contributed by atoms with van der Waals surface area (Å²) in [7, 11) is 0. The van der Waals surface area contributed by atoms with Crippen LogP contribution in [0.15, 0.2) is 24.3 Å². The minimum absolute atomic E-state index is 0.0250. The van der Waals surface area contributed by atoms with Gasteiger partial charge in [0.25, 0.3) is 0 Å². The summed E-state index contributed by atoms with van der Waals surface area (Å²) in [6, 6.07) is 3.72. The minimum atomic E-state index is -1.20. The predicted octanol–water partition coefficient (Wildman–Crippen LogP) is 1.95. The molecule has 2 unspecified atom stereocenters. The molecule has 0 saturated heterocycles. The summed E-state index contributed by atoms with van der Waals surface area (Å²) >= 11 is 5.46. The van der Waals surface area contributed by atoms with E-state index in [1.165, 1.54) is 12.1 Å². The number of benzene rings is 1. The molecule has 0 aliphatic carbocycles. The molecule has 1 rings (SSSR count). The lowest BCUT2D eigenvalue weighted by atomic mass is 10.00. The van der Waals surface area contributed by atoms with Crippen molar-refractivity contribution in [2.24, 2.45) is 0 Å². The van der Waals surface area contributed by atoms with Crippen LogP contribution in [-0.4, -0.2) is 33.3 Å². The third-order valence-corrected chi connectivity index (χ3v) is 2.75. The fourth-order valence-corrected chi connectivity index (χ4v) is 1.75. The van der Waals surface area contributed by atoms with Crippen LogP contribution in [0.2, 0.25) is 0 Å². The third kappa shape index (κ3) is 4.63. The summed E-state index contributed by atoms with van der Waals surface area (Å²) in [5.74, 6) is -1.63. The lowest BCUT2D eigenvalue weighted by Crippen LogP contribution is -2.18. The maximum atomic E-state index is 13.4. The van der Waals surface area contributed by atoms with E-state index in [1.807, 2.05) is 0 Å². The van der Waals surface area contributed by atoms with E-state index in [9.17, 15) is 19.4 Å². The van der Waals surface area contributed by atoms with Crippen molar-refractivity contribution in [3.8, 4) is 0 Å². The van der Waals surface area contributed by atoms with Gasteiger partial charge in [-0.2, -0.15) is 0 Å². The van der Waals surface area contributed by atoms with E-state index in [4.69, 9.17) is 16.7 Å². The summed E-state index contributed by atoms with van der Waals surface area (Å²) in [6.45, 7) is 0. The molecule has 0 aliphatic rings. The Morgan fingerprint density at radius 3 is 2.68 bits per heavy atom. The van der Waals surface area contributed by atoms with Gasteiger partial charge in [0.15, 0.2) is 0 Å². The molecule has 104 valence electrons. The smallest absolute Gasteiger partial charge is 0.328 e. The quantitative estimate of drug-likeness (QED) is 0.552. The van der Waals surface area contributed by atoms with Crippen LogP contribution >= 0.6 is 11.6 Å². The molecule has 3 N–H and O–H groups in total. The topological polar surface area (TPSA) is 77.8 Å². The molecule has 6 heteroatoms. The first-order chi connectivity index (χ1) is 8.95. The number of aliphatic hydroxyl groups is 2. The van der Waals surface area contributed by atoms with E-state index in [-0.39, 0.29) is 17.9 Å². The zero-order chi connectivity index (χ0) is 14.4. The molecular weight excluding hydrogens is 275 g/mol. The number of rotatable bonds is 6. The Morgan fingerprint density at radius 1 is 1.42 bits per heavy atom. The van der Waals surface area contributed by atoms with Gasteiger partial charge in [0, 0.05) is 17.5 Å². The Kier molecular flexibility index (Phi) is 5.95. The summed E-state index contributed by atoms with van der Waals surface area (Å²) in [5, 5.41) is 27.9. The lowest BCUT2D eigenvalue weighted by Gasteiger charge is -2.17. The number of alkyl halides is 1. The zero-order valence-electron chi connectivity index (χ0n) is 9.96. The Hall–Kier alpha value is -1.43. The Balaban J connectivity index is 2.98. The van der Waals surface area contributed by atoms with Gasteiger partial charge in [-0.25, -0.2) is 9.18 Å². The molecule has 4 nitrogen and oxygen atoms in total. The Bertz CT molecular complexity index is 476. The molecule has 0 bridgehead atoms. The number of aliphatic hydroxyl groups excluding tert-OH is 2. The van der Waals surface area contributed by atoms with E-state index in [1.54, 1.807) is 0 Å². The molecule has 0 aromatic heterocycles. The average Bonchev–Trinajstić information content (AvgIpc) is 2.37. The highest BCUT2D eigenvalue weighted by Crippen LogP contribution is 2.22. The van der Waals surface area contributed by atoms with Gasteiger partial charge in [-0.1, -0.05) is 6.07 Å². The number of carboxylic acids is 1. The van der Waals surface area contributed by atoms with Crippen molar-refractivity contribution in [3.05, 3.63) is 41.2 Å². The first-order valence-corrected chi connectivity index (χ1v) is 6.11. The summed E-state index contributed by atoms with van der Waals surface area (Å²) in [6.07, 6.45) is -0.179. The van der Waals surface area contributed by atoms with Gasteiger partial charge >= 0.3 is 5.97 Å². The second kappa shape index (κ2) is 7.23. The maximum absolute atomic E-state index is 13.4. The first kappa shape index (κ1) is 15.6. The summed E-state index contributed by atoms with van der Waals surface area (Å²) in [4.78, 5) is 10.4. The van der Waals surface area contributed by atoms with Crippen molar-refractivity contribution < 1.29 is 24.5 Å². The third-order valence-electron chi connectivity index (χ3n) is 2.54. The number of aliphatic carboxylic acids is 1. The van der Waals surface area contributed by atoms with Gasteiger partial charge < -0.3 is 15.3 Å². The summed E-state index contributed by atoms with van der Waals surface area (Å²) in [5.41, 5.74) is 0.320. The second-order valence-corrected chi connectivity index (χ2v) is 4.32. The molecule has 2 atom stereocenters. The fraction of sp³-hybridized carbons (Fsp3) is 0.308. The van der Waals surface area contributed by atoms with Gasteiger partial charge in [-0.15, -0.1) is 11.6 Å². The van der Waals surface area contributed by atoms with Crippen molar-refractivity contribution in [3.63, 3.8) is 0 Å². The van der Waals surface area contributed by atoms with Crippen molar-refractivity contribution in [2.75, 3.05) is 5.88 Å². The fourth-order valence-electron chi connectivity index (χ4n) is 1.53. The number of carboxylic acid groups (broad SMARTS) is 1. The highest BCUT2D eigenvalue weighted by Gasteiger charge is 2.18. The SMILES string of the molecule is O=C(O)/C=C/c1cc(C(O)C(O)CCCl)ccc1F. The normalized spacial score (nSPS) is 14.5. The molecule has 19 heavy (non-hydrogen) atoms. The van der Waals surface area contributed by atoms with Gasteiger partial charge in [0.1, 0.15) is 11.9 Å². The number of halogens is 2. The highest BCUT2D eigenvalue weighted by atomic mass is 35.5. The molecule has 1 aromatic rings. The number of hydrogen-bond acceptors (Lipinski definition) is 3. The average molecular weight is 289 g/mol. The van der Waals surface area contributed by atoms with Crippen molar-refractivity contribution in [1.29, 1.82) is 0 Å².